The van der Waals surface area contributed by atoms with Crippen molar-refractivity contribution in [2.75, 3.05) is 26.2 Å². The van der Waals surface area contributed by atoms with E-state index in [9.17, 15) is 14.4 Å². The van der Waals surface area contributed by atoms with Crippen LogP contribution in [0, 0.1) is 0 Å². The Kier molecular flexibility index (Phi) is 4.94. The van der Waals surface area contributed by atoms with Gasteiger partial charge in [0.1, 0.15) is 6.04 Å². The lowest BCUT2D eigenvalue weighted by Gasteiger charge is -2.34. The highest BCUT2D eigenvalue weighted by Gasteiger charge is 2.25. The smallest absolute Gasteiger partial charge is 0.326 e. The molecule has 0 bridgehead atoms. The second kappa shape index (κ2) is 6.23. The summed E-state index contributed by atoms with van der Waals surface area (Å²) < 4.78 is 0. The van der Waals surface area contributed by atoms with Gasteiger partial charge in [-0.3, -0.25) is 4.79 Å². The number of hydrogen-bond acceptors (Lipinski definition) is 3. The summed E-state index contributed by atoms with van der Waals surface area (Å²) in [5.74, 6) is -1.04. The standard InChI is InChI=1S/C11H19N3O4/c1-3-9(10(16)17)12-11(18)14-6-4-13(5-7-14)8(2)15/h9H,3-7H2,1-2H3,(H,12,18)(H,16,17)/t9-/m1/s1. The van der Waals surface area contributed by atoms with Crippen molar-refractivity contribution in [2.45, 2.75) is 26.3 Å². The molecule has 0 aromatic rings. The van der Waals surface area contributed by atoms with Gasteiger partial charge in [0.2, 0.25) is 5.91 Å². The van der Waals surface area contributed by atoms with Crippen LogP contribution in [0.15, 0.2) is 0 Å². The molecule has 0 spiro atoms. The molecular weight excluding hydrogens is 238 g/mol. The van der Waals surface area contributed by atoms with Crippen molar-refractivity contribution in [2.24, 2.45) is 0 Å². The number of piperazine rings is 1. The summed E-state index contributed by atoms with van der Waals surface area (Å²) in [6.07, 6.45) is 0.342. The molecule has 1 saturated heterocycles. The Morgan fingerprint density at radius 3 is 2.06 bits per heavy atom. The minimum absolute atomic E-state index is 0.00738. The number of carboxylic acid groups (broad SMARTS) is 1. The van der Waals surface area contributed by atoms with Gasteiger partial charge in [0, 0.05) is 33.1 Å². The molecule has 18 heavy (non-hydrogen) atoms. The third kappa shape index (κ3) is 3.61. The molecule has 0 saturated carbocycles. The summed E-state index contributed by atoms with van der Waals surface area (Å²) in [5, 5.41) is 11.3. The number of aliphatic carboxylic acids is 1. The van der Waals surface area contributed by atoms with Gasteiger partial charge in [0.25, 0.3) is 0 Å². The average Bonchev–Trinajstić information content (AvgIpc) is 2.35. The monoisotopic (exact) mass is 257 g/mol. The van der Waals surface area contributed by atoms with E-state index in [2.05, 4.69) is 5.32 Å². The third-order valence-corrected chi connectivity index (χ3v) is 3.02. The molecule has 2 N–H and O–H groups in total. The lowest BCUT2D eigenvalue weighted by atomic mass is 10.2. The van der Waals surface area contributed by atoms with E-state index in [-0.39, 0.29) is 11.9 Å². The number of rotatable bonds is 3. The van der Waals surface area contributed by atoms with Gasteiger partial charge in [-0.05, 0) is 6.42 Å². The fraction of sp³-hybridized carbons (Fsp3) is 0.727. The highest BCUT2D eigenvalue weighted by Crippen LogP contribution is 2.03. The fourth-order valence-electron chi connectivity index (χ4n) is 1.80. The van der Waals surface area contributed by atoms with Gasteiger partial charge in [-0.1, -0.05) is 6.92 Å². The molecule has 1 rings (SSSR count). The van der Waals surface area contributed by atoms with Crippen LogP contribution in [0.2, 0.25) is 0 Å². The highest BCUT2D eigenvalue weighted by molar-refractivity contribution is 5.82. The van der Waals surface area contributed by atoms with E-state index in [1.807, 2.05) is 0 Å². The first-order chi connectivity index (χ1) is 8.45. The van der Waals surface area contributed by atoms with Crippen molar-refractivity contribution in [3.05, 3.63) is 0 Å². The minimum Gasteiger partial charge on any atom is -0.480 e. The van der Waals surface area contributed by atoms with E-state index in [1.54, 1.807) is 11.8 Å². The Morgan fingerprint density at radius 1 is 1.17 bits per heavy atom. The van der Waals surface area contributed by atoms with Crippen molar-refractivity contribution in [1.29, 1.82) is 0 Å². The largest absolute Gasteiger partial charge is 0.480 e. The Morgan fingerprint density at radius 2 is 1.67 bits per heavy atom. The summed E-state index contributed by atoms with van der Waals surface area (Å²) in [7, 11) is 0. The van der Waals surface area contributed by atoms with Gasteiger partial charge in [-0.15, -0.1) is 0 Å². The van der Waals surface area contributed by atoms with E-state index in [1.165, 1.54) is 11.8 Å². The molecule has 1 aliphatic heterocycles. The van der Waals surface area contributed by atoms with Crippen molar-refractivity contribution in [1.82, 2.24) is 15.1 Å². The van der Waals surface area contributed by atoms with Crippen molar-refractivity contribution in [3.8, 4) is 0 Å². The van der Waals surface area contributed by atoms with Crippen LogP contribution in [0.1, 0.15) is 20.3 Å². The van der Waals surface area contributed by atoms with E-state index in [0.717, 1.165) is 0 Å². The van der Waals surface area contributed by atoms with Crippen LogP contribution in [0.4, 0.5) is 4.79 Å². The summed E-state index contributed by atoms with van der Waals surface area (Å²) in [4.78, 5) is 36.9. The number of urea groups is 1. The average molecular weight is 257 g/mol. The van der Waals surface area contributed by atoms with Crippen LogP contribution in [-0.2, 0) is 9.59 Å². The molecule has 0 aliphatic carbocycles. The maximum Gasteiger partial charge on any atom is 0.326 e. The maximum absolute atomic E-state index is 11.8. The quantitative estimate of drug-likeness (QED) is 0.728. The van der Waals surface area contributed by atoms with E-state index >= 15 is 0 Å². The van der Waals surface area contributed by atoms with Crippen LogP contribution in [0.25, 0.3) is 0 Å². The lowest BCUT2D eigenvalue weighted by Crippen LogP contribution is -2.55. The molecule has 0 aromatic heterocycles. The molecule has 0 unspecified atom stereocenters. The summed E-state index contributed by atoms with van der Waals surface area (Å²) in [6, 6.07) is -1.24. The molecule has 1 heterocycles. The second-order valence-corrected chi connectivity index (χ2v) is 4.24. The van der Waals surface area contributed by atoms with Crippen molar-refractivity contribution in [3.63, 3.8) is 0 Å². The van der Waals surface area contributed by atoms with Crippen LogP contribution >= 0.6 is 0 Å². The number of carboxylic acids is 1. The highest BCUT2D eigenvalue weighted by atomic mass is 16.4. The first-order valence-corrected chi connectivity index (χ1v) is 5.99. The van der Waals surface area contributed by atoms with Crippen LogP contribution in [0.3, 0.4) is 0 Å². The van der Waals surface area contributed by atoms with E-state index < -0.39 is 12.0 Å². The molecule has 1 aliphatic rings. The van der Waals surface area contributed by atoms with Gasteiger partial charge >= 0.3 is 12.0 Å². The van der Waals surface area contributed by atoms with Gasteiger partial charge in [-0.25, -0.2) is 9.59 Å². The molecule has 1 atom stereocenters. The molecule has 102 valence electrons. The lowest BCUT2D eigenvalue weighted by molar-refractivity contribution is -0.139. The van der Waals surface area contributed by atoms with Gasteiger partial charge < -0.3 is 20.2 Å². The molecule has 3 amide bonds. The number of carbonyl (C=O) groups excluding carboxylic acids is 2. The Bertz CT molecular complexity index is 337. The van der Waals surface area contributed by atoms with E-state index in [4.69, 9.17) is 5.11 Å². The zero-order valence-corrected chi connectivity index (χ0v) is 10.7. The zero-order valence-electron chi connectivity index (χ0n) is 10.7. The predicted molar refractivity (Wildman–Crippen MR) is 64.1 cm³/mol. The molecule has 7 heteroatoms. The second-order valence-electron chi connectivity index (χ2n) is 4.24. The Hall–Kier alpha value is -1.79. The predicted octanol–water partition coefficient (Wildman–Crippen LogP) is -0.277. The molecule has 0 aromatic carbocycles. The third-order valence-electron chi connectivity index (χ3n) is 3.02. The van der Waals surface area contributed by atoms with Crippen LogP contribution < -0.4 is 5.32 Å². The number of amides is 3. The SMILES string of the molecule is CC[C@@H](NC(=O)N1CCN(C(C)=O)CC1)C(=O)O. The van der Waals surface area contributed by atoms with Gasteiger partial charge in [-0.2, -0.15) is 0 Å². The summed E-state index contributed by atoms with van der Waals surface area (Å²) >= 11 is 0. The Labute approximate surface area is 106 Å². The molecule has 1 fully saturated rings. The topological polar surface area (TPSA) is 90.0 Å². The number of carbonyl (C=O) groups is 3. The maximum atomic E-state index is 11.8. The summed E-state index contributed by atoms with van der Waals surface area (Å²) in [6.45, 7) is 5.04. The molecule has 0 radical (unpaired) electrons. The van der Waals surface area contributed by atoms with Crippen LogP contribution in [0.5, 0.6) is 0 Å². The Balaban J connectivity index is 2.45. The summed E-state index contributed by atoms with van der Waals surface area (Å²) in [5.41, 5.74) is 0. The minimum atomic E-state index is -1.03. The first-order valence-electron chi connectivity index (χ1n) is 5.99. The normalized spacial score (nSPS) is 17.2. The zero-order chi connectivity index (χ0) is 13.7. The van der Waals surface area contributed by atoms with Crippen molar-refractivity contribution >= 4 is 17.9 Å². The number of hydrogen-bond donors (Lipinski definition) is 2. The first kappa shape index (κ1) is 14.3. The number of nitrogens with one attached hydrogen (secondary N) is 1. The van der Waals surface area contributed by atoms with E-state index in [0.29, 0.717) is 32.6 Å². The fourth-order valence-corrected chi connectivity index (χ4v) is 1.80. The van der Waals surface area contributed by atoms with Crippen molar-refractivity contribution < 1.29 is 19.5 Å². The van der Waals surface area contributed by atoms with Gasteiger partial charge in [0.15, 0.2) is 0 Å². The number of nitrogens with zero attached hydrogens (tertiary/aromatic N) is 2. The van der Waals surface area contributed by atoms with Gasteiger partial charge in [0.05, 0.1) is 0 Å². The molecular formula is C11H19N3O4. The van der Waals surface area contributed by atoms with Crippen LogP contribution in [-0.4, -0.2) is 65.0 Å². The molecule has 7 nitrogen and oxygen atoms in total.